The number of nitrogens with one attached hydrogen (secondary N) is 3. The Morgan fingerprint density at radius 3 is 2.67 bits per heavy atom. The molecular weight excluding hydrogens is 174 g/mol. The van der Waals surface area contributed by atoms with Crippen LogP contribution in [0.15, 0.2) is 0 Å². The van der Waals surface area contributed by atoms with Gasteiger partial charge in [0, 0.05) is 31.6 Å². The smallest absolute Gasteiger partial charge is 0.0329 e. The fourth-order valence-corrected chi connectivity index (χ4v) is 2.25. The molecule has 0 spiro atoms. The van der Waals surface area contributed by atoms with E-state index in [1.807, 2.05) is 0 Å². The lowest BCUT2D eigenvalue weighted by atomic mass is 9.75. The monoisotopic (exact) mass is 191 g/mol. The Hall–Kier alpha value is 0.170. The van der Waals surface area contributed by atoms with Crippen LogP contribution in [-0.2, 0) is 0 Å². The highest BCUT2D eigenvalue weighted by molar-refractivity contribution is 5.85. The normalized spacial score (nSPS) is 38.5. The Labute approximate surface area is 80.1 Å². The van der Waals surface area contributed by atoms with Gasteiger partial charge in [0.1, 0.15) is 0 Å². The quantitative estimate of drug-likeness (QED) is 0.510. The molecule has 72 valence electrons. The van der Waals surface area contributed by atoms with Gasteiger partial charge in [0.25, 0.3) is 0 Å². The summed E-state index contributed by atoms with van der Waals surface area (Å²) in [6, 6.07) is 0.656. The molecule has 2 unspecified atom stereocenters. The van der Waals surface area contributed by atoms with Crippen LogP contribution in [0.5, 0.6) is 0 Å². The molecular formula is C8H18ClN3. The molecule has 2 aliphatic rings. The second-order valence-corrected chi connectivity index (χ2v) is 4.38. The van der Waals surface area contributed by atoms with E-state index in [1.165, 1.54) is 0 Å². The van der Waals surface area contributed by atoms with E-state index in [2.05, 4.69) is 30.0 Å². The lowest BCUT2D eigenvalue weighted by Gasteiger charge is -2.40. The lowest BCUT2D eigenvalue weighted by Crippen LogP contribution is -2.55. The summed E-state index contributed by atoms with van der Waals surface area (Å²) in [7, 11) is 0. The second-order valence-electron chi connectivity index (χ2n) is 4.38. The first-order valence-electron chi connectivity index (χ1n) is 4.39. The first-order valence-corrected chi connectivity index (χ1v) is 4.39. The number of piperidine rings is 1. The zero-order chi connectivity index (χ0) is 7.90. The van der Waals surface area contributed by atoms with Gasteiger partial charge in [-0.05, 0) is 5.41 Å². The molecule has 0 radical (unpaired) electrons. The third-order valence-corrected chi connectivity index (χ3v) is 2.92. The average molecular weight is 192 g/mol. The summed E-state index contributed by atoms with van der Waals surface area (Å²) in [4.78, 5) is 0. The lowest BCUT2D eigenvalue weighted by molar-refractivity contribution is 0.164. The van der Waals surface area contributed by atoms with Crippen LogP contribution >= 0.6 is 12.4 Å². The van der Waals surface area contributed by atoms with Crippen LogP contribution in [0.1, 0.15) is 13.8 Å². The van der Waals surface area contributed by atoms with Crippen molar-refractivity contribution >= 4 is 12.4 Å². The van der Waals surface area contributed by atoms with E-state index < -0.39 is 0 Å². The fourth-order valence-electron chi connectivity index (χ4n) is 2.25. The van der Waals surface area contributed by atoms with Crippen molar-refractivity contribution in [3.63, 3.8) is 0 Å². The Morgan fingerprint density at radius 2 is 2.00 bits per heavy atom. The van der Waals surface area contributed by atoms with Gasteiger partial charge in [-0.3, -0.25) is 10.9 Å². The van der Waals surface area contributed by atoms with Crippen molar-refractivity contribution in [1.82, 2.24) is 16.2 Å². The number of hydrogen-bond acceptors (Lipinski definition) is 3. The van der Waals surface area contributed by atoms with Crippen LogP contribution < -0.4 is 16.2 Å². The molecule has 0 bridgehead atoms. The molecule has 12 heavy (non-hydrogen) atoms. The van der Waals surface area contributed by atoms with E-state index in [0.717, 1.165) is 25.6 Å². The predicted octanol–water partition coefficient (Wildman–Crippen LogP) is 0.130. The van der Waals surface area contributed by atoms with E-state index in [4.69, 9.17) is 0 Å². The van der Waals surface area contributed by atoms with Gasteiger partial charge in [0.05, 0.1) is 0 Å². The van der Waals surface area contributed by atoms with Gasteiger partial charge in [-0.2, -0.15) is 0 Å². The van der Waals surface area contributed by atoms with E-state index in [1.54, 1.807) is 0 Å². The third-order valence-electron chi connectivity index (χ3n) is 2.92. The van der Waals surface area contributed by atoms with Gasteiger partial charge in [-0.1, -0.05) is 13.8 Å². The maximum Gasteiger partial charge on any atom is 0.0329 e. The highest BCUT2D eigenvalue weighted by Gasteiger charge is 2.41. The Bertz CT molecular complexity index is 160. The number of fused-ring (bicyclic) bond motifs is 1. The number of hydrazine groups is 1. The summed E-state index contributed by atoms with van der Waals surface area (Å²) in [5.74, 6) is 0.777. The molecule has 2 aliphatic heterocycles. The van der Waals surface area contributed by atoms with E-state index >= 15 is 0 Å². The second kappa shape index (κ2) is 3.50. The summed E-state index contributed by atoms with van der Waals surface area (Å²) in [5.41, 5.74) is 6.98. The topological polar surface area (TPSA) is 36.1 Å². The Morgan fingerprint density at radius 1 is 1.25 bits per heavy atom. The molecule has 2 fully saturated rings. The first-order chi connectivity index (χ1) is 5.20. The van der Waals surface area contributed by atoms with Gasteiger partial charge < -0.3 is 5.32 Å². The minimum absolute atomic E-state index is 0. The minimum atomic E-state index is 0. The van der Waals surface area contributed by atoms with Crippen molar-refractivity contribution < 1.29 is 0 Å². The Balaban J connectivity index is 0.000000720. The van der Waals surface area contributed by atoms with Crippen molar-refractivity contribution in [3.05, 3.63) is 0 Å². The van der Waals surface area contributed by atoms with E-state index in [-0.39, 0.29) is 12.4 Å². The molecule has 0 aliphatic carbocycles. The number of rotatable bonds is 0. The van der Waals surface area contributed by atoms with Gasteiger partial charge in [-0.15, -0.1) is 12.4 Å². The van der Waals surface area contributed by atoms with Gasteiger partial charge in [-0.25, -0.2) is 0 Å². The van der Waals surface area contributed by atoms with Crippen LogP contribution in [0.3, 0.4) is 0 Å². The molecule has 0 amide bonds. The standard InChI is InChI=1S/C8H17N3.ClH/c1-8(2)5-9-3-6-4-10-11-7(6)8;/h6-7,9-11H,3-5H2,1-2H3;1H. The molecule has 2 heterocycles. The van der Waals surface area contributed by atoms with Crippen LogP contribution in [0.25, 0.3) is 0 Å². The summed E-state index contributed by atoms with van der Waals surface area (Å²) >= 11 is 0. The number of halogens is 1. The highest BCUT2D eigenvalue weighted by Crippen LogP contribution is 2.29. The molecule has 0 aromatic carbocycles. The van der Waals surface area contributed by atoms with Crippen molar-refractivity contribution in [3.8, 4) is 0 Å². The summed E-state index contributed by atoms with van der Waals surface area (Å²) in [6.45, 7) is 8.03. The number of hydrogen-bond donors (Lipinski definition) is 3. The zero-order valence-electron chi connectivity index (χ0n) is 7.68. The first kappa shape index (κ1) is 10.3. The molecule has 2 saturated heterocycles. The molecule has 2 rings (SSSR count). The van der Waals surface area contributed by atoms with E-state index in [0.29, 0.717) is 11.5 Å². The summed E-state index contributed by atoms with van der Waals surface area (Å²) in [5, 5.41) is 3.47. The van der Waals surface area contributed by atoms with Crippen molar-refractivity contribution in [1.29, 1.82) is 0 Å². The maximum absolute atomic E-state index is 3.47. The van der Waals surface area contributed by atoms with Crippen molar-refractivity contribution in [2.24, 2.45) is 11.3 Å². The molecule has 0 aromatic heterocycles. The zero-order valence-corrected chi connectivity index (χ0v) is 8.50. The molecule has 3 nitrogen and oxygen atoms in total. The fraction of sp³-hybridized carbons (Fsp3) is 1.00. The largest absolute Gasteiger partial charge is 0.316 e. The van der Waals surface area contributed by atoms with Crippen molar-refractivity contribution in [2.75, 3.05) is 19.6 Å². The summed E-state index contributed by atoms with van der Waals surface area (Å²) < 4.78 is 0. The SMILES string of the molecule is CC1(C)CNCC2CNNC21.Cl. The van der Waals surface area contributed by atoms with Crippen LogP contribution in [0, 0.1) is 11.3 Å². The van der Waals surface area contributed by atoms with Crippen LogP contribution in [0.2, 0.25) is 0 Å². The molecule has 3 N–H and O–H groups in total. The molecule has 0 saturated carbocycles. The third kappa shape index (κ3) is 1.59. The summed E-state index contributed by atoms with van der Waals surface area (Å²) in [6.07, 6.45) is 0. The molecule has 2 atom stereocenters. The van der Waals surface area contributed by atoms with Gasteiger partial charge in [0.2, 0.25) is 0 Å². The minimum Gasteiger partial charge on any atom is -0.316 e. The molecule has 4 heteroatoms. The van der Waals surface area contributed by atoms with Crippen LogP contribution in [0.4, 0.5) is 0 Å². The van der Waals surface area contributed by atoms with Gasteiger partial charge in [0.15, 0.2) is 0 Å². The highest BCUT2D eigenvalue weighted by atomic mass is 35.5. The molecule has 0 aromatic rings. The maximum atomic E-state index is 3.47. The van der Waals surface area contributed by atoms with E-state index in [9.17, 15) is 0 Å². The van der Waals surface area contributed by atoms with Gasteiger partial charge >= 0.3 is 0 Å². The van der Waals surface area contributed by atoms with Crippen LogP contribution in [-0.4, -0.2) is 25.7 Å². The van der Waals surface area contributed by atoms with Crippen molar-refractivity contribution in [2.45, 2.75) is 19.9 Å². The average Bonchev–Trinajstić information content (AvgIpc) is 2.34. The Kier molecular flexibility index (Phi) is 2.99. The predicted molar refractivity (Wildman–Crippen MR) is 52.3 cm³/mol.